The lowest BCUT2D eigenvalue weighted by atomic mass is 10.2. The monoisotopic (exact) mass is 254 g/mol. The normalized spacial score (nSPS) is 27.6. The standard InChI is InChI=1S/C13H22N2O3/c1-9(18-13(2,3)4)15-7-10-5-11(15)6-14(10)8-12(16)17/h10-11H,1,5-8H2,2-4H3,(H,16,17)/t10-,11-/m0/s1. The van der Waals surface area contributed by atoms with Gasteiger partial charge in [0.25, 0.3) is 0 Å². The minimum absolute atomic E-state index is 0.140. The van der Waals surface area contributed by atoms with Crippen molar-refractivity contribution in [3.05, 3.63) is 12.5 Å². The fraction of sp³-hybridized carbons (Fsp3) is 0.769. The number of hydrogen-bond donors (Lipinski definition) is 1. The average Bonchev–Trinajstić information content (AvgIpc) is 2.72. The van der Waals surface area contributed by atoms with Crippen LogP contribution >= 0.6 is 0 Å². The van der Waals surface area contributed by atoms with Gasteiger partial charge >= 0.3 is 5.97 Å². The van der Waals surface area contributed by atoms with Crippen molar-refractivity contribution in [3.63, 3.8) is 0 Å². The molecule has 0 radical (unpaired) electrons. The number of fused-ring (bicyclic) bond motifs is 2. The third kappa shape index (κ3) is 2.77. The second-order valence-corrected chi connectivity index (χ2v) is 6.13. The Balaban J connectivity index is 1.91. The van der Waals surface area contributed by atoms with E-state index in [9.17, 15) is 4.79 Å². The van der Waals surface area contributed by atoms with E-state index < -0.39 is 5.97 Å². The van der Waals surface area contributed by atoms with Crippen molar-refractivity contribution in [1.82, 2.24) is 9.80 Å². The molecule has 0 unspecified atom stereocenters. The fourth-order valence-corrected chi connectivity index (χ4v) is 2.83. The molecule has 0 aromatic carbocycles. The summed E-state index contributed by atoms with van der Waals surface area (Å²) in [6.45, 7) is 11.8. The maximum atomic E-state index is 10.7. The smallest absolute Gasteiger partial charge is 0.317 e. The second kappa shape index (κ2) is 4.46. The van der Waals surface area contributed by atoms with Crippen LogP contribution in [0.2, 0.25) is 0 Å². The third-order valence-corrected chi connectivity index (χ3v) is 3.44. The Kier molecular flexibility index (Phi) is 3.27. The molecule has 2 aliphatic heterocycles. The van der Waals surface area contributed by atoms with Gasteiger partial charge in [-0.2, -0.15) is 0 Å². The zero-order chi connectivity index (χ0) is 13.5. The van der Waals surface area contributed by atoms with E-state index in [1.54, 1.807) is 0 Å². The molecule has 102 valence electrons. The Morgan fingerprint density at radius 3 is 2.50 bits per heavy atom. The molecule has 0 saturated carbocycles. The molecule has 0 spiro atoms. The predicted octanol–water partition coefficient (Wildman–Crippen LogP) is 1.12. The lowest BCUT2D eigenvalue weighted by molar-refractivity contribution is -0.138. The topological polar surface area (TPSA) is 53.0 Å². The summed E-state index contributed by atoms with van der Waals surface area (Å²) in [6, 6.07) is 0.676. The van der Waals surface area contributed by atoms with Crippen molar-refractivity contribution in [1.29, 1.82) is 0 Å². The van der Waals surface area contributed by atoms with Gasteiger partial charge in [0.05, 0.1) is 6.54 Å². The highest BCUT2D eigenvalue weighted by Gasteiger charge is 2.44. The average molecular weight is 254 g/mol. The van der Waals surface area contributed by atoms with Crippen molar-refractivity contribution in [2.45, 2.75) is 44.9 Å². The first-order valence-corrected chi connectivity index (χ1v) is 6.36. The first-order chi connectivity index (χ1) is 8.26. The lowest BCUT2D eigenvalue weighted by Crippen LogP contribution is -2.48. The maximum Gasteiger partial charge on any atom is 0.317 e. The molecule has 2 rings (SSSR count). The molecule has 2 bridgehead atoms. The van der Waals surface area contributed by atoms with Crippen molar-refractivity contribution < 1.29 is 14.6 Å². The van der Waals surface area contributed by atoms with Gasteiger partial charge in [-0.3, -0.25) is 9.69 Å². The third-order valence-electron chi connectivity index (χ3n) is 3.44. The number of aliphatic carboxylic acids is 1. The molecule has 2 atom stereocenters. The van der Waals surface area contributed by atoms with Crippen LogP contribution in [-0.4, -0.2) is 58.2 Å². The molecule has 0 amide bonds. The Bertz CT molecular complexity index is 362. The number of rotatable bonds is 4. The van der Waals surface area contributed by atoms with Crippen molar-refractivity contribution >= 4 is 5.97 Å². The summed E-state index contributed by atoms with van der Waals surface area (Å²) in [4.78, 5) is 14.9. The van der Waals surface area contributed by atoms with E-state index in [4.69, 9.17) is 9.84 Å². The molecule has 0 aliphatic carbocycles. The van der Waals surface area contributed by atoms with E-state index in [1.807, 2.05) is 25.7 Å². The summed E-state index contributed by atoms with van der Waals surface area (Å²) in [7, 11) is 0. The number of carbonyl (C=O) groups is 1. The second-order valence-electron chi connectivity index (χ2n) is 6.13. The number of hydrogen-bond acceptors (Lipinski definition) is 4. The predicted molar refractivity (Wildman–Crippen MR) is 68.1 cm³/mol. The molecule has 5 nitrogen and oxygen atoms in total. The van der Waals surface area contributed by atoms with Gasteiger partial charge in [-0.1, -0.05) is 0 Å². The van der Waals surface area contributed by atoms with E-state index in [0.29, 0.717) is 18.0 Å². The van der Waals surface area contributed by atoms with E-state index >= 15 is 0 Å². The molecule has 2 heterocycles. The highest BCUT2D eigenvalue weighted by Crippen LogP contribution is 2.33. The van der Waals surface area contributed by atoms with Gasteiger partial charge in [0.1, 0.15) is 5.60 Å². The van der Waals surface area contributed by atoms with E-state index in [-0.39, 0.29) is 12.1 Å². The Morgan fingerprint density at radius 2 is 2.06 bits per heavy atom. The molecule has 2 saturated heterocycles. The van der Waals surface area contributed by atoms with Crippen molar-refractivity contribution in [2.75, 3.05) is 19.6 Å². The SMILES string of the molecule is C=C(OC(C)(C)C)N1C[C@@H]2C[C@H]1CN2CC(=O)O. The number of likely N-dealkylation sites (tertiary alicyclic amines) is 2. The first kappa shape index (κ1) is 13.2. The number of carboxylic acid groups (broad SMARTS) is 1. The van der Waals surface area contributed by atoms with E-state index in [2.05, 4.69) is 11.5 Å². The quantitative estimate of drug-likeness (QED) is 0.762. The van der Waals surface area contributed by atoms with Gasteiger partial charge in [-0.15, -0.1) is 0 Å². The summed E-state index contributed by atoms with van der Waals surface area (Å²) in [5.41, 5.74) is -0.236. The number of nitrogens with zero attached hydrogens (tertiary/aromatic N) is 2. The van der Waals surface area contributed by atoms with Gasteiger partial charge in [-0.25, -0.2) is 0 Å². The number of piperazine rings is 1. The van der Waals surface area contributed by atoms with Crippen molar-refractivity contribution in [2.24, 2.45) is 0 Å². The van der Waals surface area contributed by atoms with Crippen molar-refractivity contribution in [3.8, 4) is 0 Å². The summed E-state index contributed by atoms with van der Waals surface area (Å²) >= 11 is 0. The summed E-state index contributed by atoms with van der Waals surface area (Å²) in [6.07, 6.45) is 1.01. The molecule has 5 heteroatoms. The van der Waals surface area contributed by atoms with Crippen LogP contribution in [0, 0.1) is 0 Å². The molecule has 18 heavy (non-hydrogen) atoms. The largest absolute Gasteiger partial charge is 0.480 e. The lowest BCUT2D eigenvalue weighted by Gasteiger charge is -2.37. The molecular weight excluding hydrogens is 232 g/mol. The van der Waals surface area contributed by atoms with Crippen LogP contribution < -0.4 is 0 Å². The molecule has 1 N–H and O–H groups in total. The first-order valence-electron chi connectivity index (χ1n) is 6.36. The van der Waals surface area contributed by atoms with Gasteiger partial charge < -0.3 is 14.7 Å². The fourth-order valence-electron chi connectivity index (χ4n) is 2.83. The summed E-state index contributed by atoms with van der Waals surface area (Å²) in [5.74, 6) is -0.0381. The van der Waals surface area contributed by atoms with Gasteiger partial charge in [0.15, 0.2) is 5.88 Å². The molecule has 2 aliphatic rings. The molecule has 2 fully saturated rings. The van der Waals surface area contributed by atoms with Crippen LogP contribution in [0.4, 0.5) is 0 Å². The Labute approximate surface area is 108 Å². The number of carboxylic acids is 1. The van der Waals surface area contributed by atoms with E-state index in [0.717, 1.165) is 19.5 Å². The molecular formula is C13H22N2O3. The van der Waals surface area contributed by atoms with Crippen LogP contribution in [-0.2, 0) is 9.53 Å². The highest BCUT2D eigenvalue weighted by molar-refractivity contribution is 5.69. The zero-order valence-corrected chi connectivity index (χ0v) is 11.3. The van der Waals surface area contributed by atoms with Gasteiger partial charge in [-0.05, 0) is 33.8 Å². The molecule has 0 aromatic rings. The van der Waals surface area contributed by atoms with Gasteiger partial charge in [0, 0.05) is 25.2 Å². The summed E-state index contributed by atoms with van der Waals surface area (Å²) in [5, 5.41) is 8.83. The highest BCUT2D eigenvalue weighted by atomic mass is 16.5. The minimum Gasteiger partial charge on any atom is -0.480 e. The van der Waals surface area contributed by atoms with Crippen LogP contribution in [0.25, 0.3) is 0 Å². The van der Waals surface area contributed by atoms with Gasteiger partial charge in [0.2, 0.25) is 0 Å². The van der Waals surface area contributed by atoms with Crippen LogP contribution in [0.3, 0.4) is 0 Å². The van der Waals surface area contributed by atoms with Crippen LogP contribution in [0.1, 0.15) is 27.2 Å². The Morgan fingerprint density at radius 1 is 1.39 bits per heavy atom. The van der Waals surface area contributed by atoms with Crippen LogP contribution in [0.5, 0.6) is 0 Å². The minimum atomic E-state index is -0.751. The number of ether oxygens (including phenoxy) is 1. The molecule has 0 aromatic heterocycles. The maximum absolute atomic E-state index is 10.7. The van der Waals surface area contributed by atoms with E-state index in [1.165, 1.54) is 0 Å². The Hall–Kier alpha value is -1.23. The zero-order valence-electron chi connectivity index (χ0n) is 11.3. The van der Waals surface area contributed by atoms with Crippen LogP contribution in [0.15, 0.2) is 12.5 Å². The summed E-state index contributed by atoms with van der Waals surface area (Å²) < 4.78 is 5.79.